The molecule has 0 unspecified atom stereocenters. The van der Waals surface area contributed by atoms with E-state index in [1.807, 2.05) is 46.8 Å². The van der Waals surface area contributed by atoms with Crippen LogP contribution in [0.15, 0.2) is 59.8 Å². The highest BCUT2D eigenvalue weighted by atomic mass is 32.2. The summed E-state index contributed by atoms with van der Waals surface area (Å²) in [4.78, 5) is 17.6. The van der Waals surface area contributed by atoms with Gasteiger partial charge in [-0.1, -0.05) is 42.1 Å². The summed E-state index contributed by atoms with van der Waals surface area (Å²) in [5.41, 5.74) is 3.16. The zero-order valence-corrected chi connectivity index (χ0v) is 20.3. The highest BCUT2D eigenvalue weighted by Crippen LogP contribution is 2.37. The van der Waals surface area contributed by atoms with E-state index in [0.717, 1.165) is 30.0 Å². The van der Waals surface area contributed by atoms with E-state index in [2.05, 4.69) is 53.2 Å². The van der Waals surface area contributed by atoms with Crippen molar-refractivity contribution in [2.45, 2.75) is 24.3 Å². The zero-order valence-electron chi connectivity index (χ0n) is 19.5. The van der Waals surface area contributed by atoms with Crippen molar-refractivity contribution in [3.63, 3.8) is 0 Å². The number of carbonyl (C=O) groups excluding carboxylic acids is 1. The van der Waals surface area contributed by atoms with Crippen LogP contribution in [0.1, 0.15) is 24.7 Å². The van der Waals surface area contributed by atoms with E-state index >= 15 is 0 Å². The van der Waals surface area contributed by atoms with Crippen molar-refractivity contribution in [2.24, 2.45) is 7.05 Å². The van der Waals surface area contributed by atoms with Crippen LogP contribution in [0.2, 0.25) is 0 Å². The molecule has 1 amide bonds. The van der Waals surface area contributed by atoms with Crippen LogP contribution in [-0.2, 0) is 16.6 Å². The Morgan fingerprint density at radius 1 is 1.03 bits per heavy atom. The molecule has 1 aliphatic rings. The lowest BCUT2D eigenvalue weighted by molar-refractivity contribution is -0.134. The summed E-state index contributed by atoms with van der Waals surface area (Å²) in [7, 11) is 1.96. The van der Waals surface area contributed by atoms with Gasteiger partial charge in [0.1, 0.15) is 5.25 Å². The number of carbonyl (C=O) groups is 1. The Hall–Kier alpha value is -2.84. The summed E-state index contributed by atoms with van der Waals surface area (Å²) in [5, 5.41) is 9.23. The maximum absolute atomic E-state index is 13.4. The maximum atomic E-state index is 13.4. The number of aromatic nitrogens is 3. The molecule has 4 rings (SSSR count). The molecule has 0 spiro atoms. The predicted octanol–water partition coefficient (Wildman–Crippen LogP) is 4.02. The largest absolute Gasteiger partial charge is 0.378 e. The SMILES string of the molecule is CCN(CC)c1ccc(-c2nnc(S[C@H](C(=O)N3CCOCC3)c3ccccc3)n2C)cc1. The van der Waals surface area contributed by atoms with E-state index in [4.69, 9.17) is 4.74 Å². The van der Waals surface area contributed by atoms with Crippen molar-refractivity contribution in [3.8, 4) is 11.4 Å². The van der Waals surface area contributed by atoms with Crippen LogP contribution in [0.5, 0.6) is 0 Å². The second-order valence-electron chi connectivity index (χ2n) is 7.93. The number of morpholine rings is 1. The van der Waals surface area contributed by atoms with Crippen molar-refractivity contribution < 1.29 is 9.53 Å². The molecule has 7 nitrogen and oxygen atoms in total. The van der Waals surface area contributed by atoms with Gasteiger partial charge in [0.15, 0.2) is 11.0 Å². The zero-order chi connectivity index (χ0) is 23.2. The molecule has 174 valence electrons. The molecule has 2 aromatic carbocycles. The summed E-state index contributed by atoms with van der Waals surface area (Å²) in [6, 6.07) is 18.3. The fourth-order valence-electron chi connectivity index (χ4n) is 4.02. The number of ether oxygens (including phenoxy) is 1. The van der Waals surface area contributed by atoms with Gasteiger partial charge in [0.25, 0.3) is 0 Å². The standard InChI is InChI=1S/C25H31N5O2S/c1-4-29(5-2)21-13-11-20(12-14-21)23-26-27-25(28(23)3)33-22(19-9-7-6-8-10-19)24(31)30-15-17-32-18-16-30/h6-14,22H,4-5,15-18H2,1-3H3/t22-/m0/s1. The fraction of sp³-hybridized carbons (Fsp3) is 0.400. The lowest BCUT2D eigenvalue weighted by Crippen LogP contribution is -2.42. The first kappa shape index (κ1) is 23.3. The Labute approximate surface area is 199 Å². The average Bonchev–Trinajstić information content (AvgIpc) is 3.24. The van der Waals surface area contributed by atoms with Gasteiger partial charge in [0.2, 0.25) is 5.91 Å². The van der Waals surface area contributed by atoms with E-state index < -0.39 is 0 Å². The molecule has 1 atom stereocenters. The Morgan fingerprint density at radius 2 is 1.70 bits per heavy atom. The van der Waals surface area contributed by atoms with Gasteiger partial charge in [-0.25, -0.2) is 0 Å². The summed E-state index contributed by atoms with van der Waals surface area (Å²) in [6.45, 7) is 8.65. The van der Waals surface area contributed by atoms with Crippen molar-refractivity contribution in [2.75, 3.05) is 44.3 Å². The van der Waals surface area contributed by atoms with Crippen LogP contribution in [0, 0.1) is 0 Å². The quantitative estimate of drug-likeness (QED) is 0.468. The molecule has 0 N–H and O–H groups in total. The highest BCUT2D eigenvalue weighted by molar-refractivity contribution is 8.00. The second kappa shape index (κ2) is 10.9. The molecule has 1 aromatic heterocycles. The third-order valence-electron chi connectivity index (χ3n) is 5.96. The smallest absolute Gasteiger partial charge is 0.240 e. The minimum absolute atomic E-state index is 0.0858. The van der Waals surface area contributed by atoms with E-state index in [0.29, 0.717) is 31.5 Å². The van der Waals surface area contributed by atoms with E-state index in [9.17, 15) is 4.79 Å². The third-order valence-corrected chi connectivity index (χ3v) is 7.24. The van der Waals surface area contributed by atoms with Gasteiger partial charge in [-0.2, -0.15) is 0 Å². The molecule has 33 heavy (non-hydrogen) atoms. The van der Waals surface area contributed by atoms with Crippen LogP contribution < -0.4 is 4.90 Å². The Balaban J connectivity index is 1.58. The Kier molecular flexibility index (Phi) is 7.67. The lowest BCUT2D eigenvalue weighted by atomic mass is 10.1. The van der Waals surface area contributed by atoms with Gasteiger partial charge >= 0.3 is 0 Å². The number of benzene rings is 2. The molecule has 0 aliphatic carbocycles. The number of thioether (sulfide) groups is 1. The molecule has 2 heterocycles. The first-order valence-corrected chi connectivity index (χ1v) is 12.3. The molecule has 8 heteroatoms. The van der Waals surface area contributed by atoms with Crippen LogP contribution in [-0.4, -0.2) is 65.0 Å². The van der Waals surface area contributed by atoms with Crippen LogP contribution in [0.4, 0.5) is 5.69 Å². The predicted molar refractivity (Wildman–Crippen MR) is 132 cm³/mol. The average molecular weight is 466 g/mol. The molecule has 0 saturated carbocycles. The molecule has 0 radical (unpaired) electrons. The number of hydrogen-bond donors (Lipinski definition) is 0. The third kappa shape index (κ3) is 5.23. The molecule has 0 bridgehead atoms. The number of amides is 1. The molecule has 1 aliphatic heterocycles. The van der Waals surface area contributed by atoms with Gasteiger partial charge in [-0.05, 0) is 43.7 Å². The minimum Gasteiger partial charge on any atom is -0.378 e. The number of anilines is 1. The maximum Gasteiger partial charge on any atom is 0.240 e. The Bertz CT molecular complexity index is 1040. The normalized spacial score (nSPS) is 14.8. The van der Waals surface area contributed by atoms with Gasteiger partial charge in [0, 0.05) is 44.5 Å². The fourth-order valence-corrected chi connectivity index (χ4v) is 5.11. The second-order valence-corrected chi connectivity index (χ2v) is 9.00. The molecule has 3 aromatic rings. The first-order chi connectivity index (χ1) is 16.1. The van der Waals surface area contributed by atoms with Crippen LogP contribution >= 0.6 is 11.8 Å². The number of nitrogens with zero attached hydrogens (tertiary/aromatic N) is 5. The monoisotopic (exact) mass is 465 g/mol. The molecular formula is C25H31N5O2S. The number of rotatable bonds is 8. The first-order valence-electron chi connectivity index (χ1n) is 11.4. The summed E-state index contributed by atoms with van der Waals surface area (Å²) < 4.78 is 7.40. The lowest BCUT2D eigenvalue weighted by Gasteiger charge is -2.30. The topological polar surface area (TPSA) is 63.5 Å². The number of hydrogen-bond acceptors (Lipinski definition) is 6. The molecule has 1 fully saturated rings. The van der Waals surface area contributed by atoms with E-state index in [-0.39, 0.29) is 11.2 Å². The summed E-state index contributed by atoms with van der Waals surface area (Å²) in [5.74, 6) is 0.872. The summed E-state index contributed by atoms with van der Waals surface area (Å²) in [6.07, 6.45) is 0. The van der Waals surface area contributed by atoms with E-state index in [1.54, 1.807) is 0 Å². The van der Waals surface area contributed by atoms with Crippen molar-refractivity contribution in [3.05, 3.63) is 60.2 Å². The highest BCUT2D eigenvalue weighted by Gasteiger charge is 2.30. The van der Waals surface area contributed by atoms with Crippen LogP contribution in [0.25, 0.3) is 11.4 Å². The van der Waals surface area contributed by atoms with Gasteiger partial charge < -0.3 is 19.1 Å². The Morgan fingerprint density at radius 3 is 2.33 bits per heavy atom. The minimum atomic E-state index is -0.384. The molecule has 1 saturated heterocycles. The van der Waals surface area contributed by atoms with E-state index in [1.165, 1.54) is 17.4 Å². The van der Waals surface area contributed by atoms with Gasteiger partial charge in [-0.15, -0.1) is 10.2 Å². The summed E-state index contributed by atoms with van der Waals surface area (Å²) >= 11 is 1.45. The van der Waals surface area contributed by atoms with Crippen molar-refractivity contribution in [1.29, 1.82) is 0 Å². The van der Waals surface area contributed by atoms with Crippen molar-refractivity contribution in [1.82, 2.24) is 19.7 Å². The van der Waals surface area contributed by atoms with Gasteiger partial charge in [0.05, 0.1) is 13.2 Å². The molecular weight excluding hydrogens is 434 g/mol. The van der Waals surface area contributed by atoms with Crippen LogP contribution in [0.3, 0.4) is 0 Å². The van der Waals surface area contributed by atoms with Gasteiger partial charge in [-0.3, -0.25) is 4.79 Å². The van der Waals surface area contributed by atoms with Crippen molar-refractivity contribution >= 4 is 23.4 Å².